The average Bonchev–Trinajstić information content (AvgIpc) is 2.71. The predicted molar refractivity (Wildman–Crippen MR) is 113 cm³/mol. The van der Waals surface area contributed by atoms with Crippen LogP contribution in [-0.4, -0.2) is 49.8 Å². The van der Waals surface area contributed by atoms with E-state index in [1.54, 1.807) is 7.11 Å². The fraction of sp³-hybridized carbons (Fsp3) is 0.696. The van der Waals surface area contributed by atoms with Gasteiger partial charge in [0.2, 0.25) is 0 Å². The Bertz CT molecular complexity index is 615. The van der Waals surface area contributed by atoms with Crippen molar-refractivity contribution < 1.29 is 14.3 Å². The summed E-state index contributed by atoms with van der Waals surface area (Å²) in [6.45, 7) is 8.59. The van der Waals surface area contributed by atoms with Crippen molar-refractivity contribution in [2.75, 3.05) is 38.7 Å². The van der Waals surface area contributed by atoms with E-state index >= 15 is 0 Å². The summed E-state index contributed by atoms with van der Waals surface area (Å²) in [5, 5.41) is 3.03. The lowest BCUT2D eigenvalue weighted by Crippen LogP contribution is -2.47. The van der Waals surface area contributed by atoms with Gasteiger partial charge in [-0.25, -0.2) is 0 Å². The van der Waals surface area contributed by atoms with Gasteiger partial charge in [0.15, 0.2) is 0 Å². The summed E-state index contributed by atoms with van der Waals surface area (Å²) in [7, 11) is 1.65. The van der Waals surface area contributed by atoms with E-state index in [1.807, 2.05) is 24.3 Å². The van der Waals surface area contributed by atoms with Gasteiger partial charge in [0.25, 0.3) is 5.91 Å². The molecule has 2 fully saturated rings. The van der Waals surface area contributed by atoms with Crippen LogP contribution >= 0.6 is 0 Å². The fourth-order valence-electron chi connectivity index (χ4n) is 4.21. The molecule has 1 aliphatic heterocycles. The lowest BCUT2D eigenvalue weighted by Gasteiger charge is -2.36. The van der Waals surface area contributed by atoms with E-state index < -0.39 is 5.60 Å². The van der Waals surface area contributed by atoms with Crippen LogP contribution in [-0.2, 0) is 9.53 Å². The Balaban J connectivity index is 1.45. The third-order valence-electron chi connectivity index (χ3n) is 6.55. The van der Waals surface area contributed by atoms with Gasteiger partial charge >= 0.3 is 0 Å². The highest BCUT2D eigenvalue weighted by Gasteiger charge is 2.41. The summed E-state index contributed by atoms with van der Waals surface area (Å²) in [5.74, 6) is 2.33. The highest BCUT2D eigenvalue weighted by Crippen LogP contribution is 2.35. The first-order chi connectivity index (χ1) is 13.5. The molecule has 1 N–H and O–H groups in total. The number of carbonyl (C=O) groups is 1. The van der Waals surface area contributed by atoms with E-state index in [4.69, 9.17) is 9.47 Å². The Morgan fingerprint density at radius 3 is 2.29 bits per heavy atom. The Hall–Kier alpha value is -1.59. The van der Waals surface area contributed by atoms with E-state index in [-0.39, 0.29) is 5.91 Å². The summed E-state index contributed by atoms with van der Waals surface area (Å²) in [4.78, 5) is 15.3. The maximum atomic E-state index is 12.8. The number of likely N-dealkylation sites (tertiary alicyclic amines) is 1. The Morgan fingerprint density at radius 2 is 1.68 bits per heavy atom. The quantitative estimate of drug-likeness (QED) is 0.755. The summed E-state index contributed by atoms with van der Waals surface area (Å²) < 4.78 is 11.5. The van der Waals surface area contributed by atoms with Crippen molar-refractivity contribution >= 4 is 11.6 Å². The van der Waals surface area contributed by atoms with Gasteiger partial charge in [-0.15, -0.1) is 0 Å². The van der Waals surface area contributed by atoms with Gasteiger partial charge in [0.1, 0.15) is 18.0 Å². The van der Waals surface area contributed by atoms with Crippen molar-refractivity contribution in [2.45, 2.75) is 58.0 Å². The Morgan fingerprint density at radius 1 is 1.07 bits per heavy atom. The van der Waals surface area contributed by atoms with Crippen LogP contribution in [0.4, 0.5) is 5.69 Å². The molecule has 156 valence electrons. The van der Waals surface area contributed by atoms with Crippen molar-refractivity contribution in [3.63, 3.8) is 0 Å². The minimum Gasteiger partial charge on any atom is -0.492 e. The third kappa shape index (κ3) is 5.48. The molecule has 0 atom stereocenters. The molecule has 0 bridgehead atoms. The van der Waals surface area contributed by atoms with Gasteiger partial charge in [-0.2, -0.15) is 0 Å². The maximum Gasteiger partial charge on any atom is 0.256 e. The van der Waals surface area contributed by atoms with Crippen LogP contribution in [0.25, 0.3) is 0 Å². The standard InChI is InChI=1S/C23H36N2O3/c1-18-8-12-23(27-3,13-9-18)22(26)24-20-4-6-21(7-5-20)28-17-16-25-14-10-19(2)11-15-25/h4-7,18-19H,8-17H2,1-3H3,(H,24,26). The first-order valence-corrected chi connectivity index (χ1v) is 10.8. The smallest absolute Gasteiger partial charge is 0.256 e. The molecule has 0 aromatic heterocycles. The average molecular weight is 389 g/mol. The van der Waals surface area contributed by atoms with E-state index in [0.29, 0.717) is 12.5 Å². The number of rotatable bonds is 7. The van der Waals surface area contributed by atoms with Gasteiger partial charge in [-0.05, 0) is 87.7 Å². The number of hydrogen-bond donors (Lipinski definition) is 1. The number of amides is 1. The number of nitrogens with zero attached hydrogens (tertiary/aromatic N) is 1. The van der Waals surface area contributed by atoms with Crippen molar-refractivity contribution in [1.82, 2.24) is 4.90 Å². The van der Waals surface area contributed by atoms with Gasteiger partial charge in [0, 0.05) is 19.3 Å². The molecule has 28 heavy (non-hydrogen) atoms. The molecule has 0 unspecified atom stereocenters. The van der Waals surface area contributed by atoms with E-state index in [2.05, 4.69) is 24.1 Å². The van der Waals surface area contributed by atoms with Gasteiger partial charge in [-0.1, -0.05) is 13.8 Å². The third-order valence-corrected chi connectivity index (χ3v) is 6.55. The van der Waals surface area contributed by atoms with Crippen LogP contribution in [0.5, 0.6) is 5.75 Å². The summed E-state index contributed by atoms with van der Waals surface area (Å²) in [5.41, 5.74) is 0.102. The predicted octanol–water partition coefficient (Wildman–Crippen LogP) is 4.33. The highest BCUT2D eigenvalue weighted by molar-refractivity contribution is 5.97. The number of benzene rings is 1. The SMILES string of the molecule is COC1(C(=O)Nc2ccc(OCCN3CCC(C)CC3)cc2)CCC(C)CC1. The Labute approximate surface area is 169 Å². The topological polar surface area (TPSA) is 50.8 Å². The van der Waals surface area contributed by atoms with Gasteiger partial charge in [0.05, 0.1) is 0 Å². The molecule has 0 radical (unpaired) electrons. The molecular formula is C23H36N2O3. The lowest BCUT2D eigenvalue weighted by atomic mass is 9.79. The first kappa shape index (κ1) is 21.1. The molecule has 1 aromatic rings. The zero-order chi connectivity index (χ0) is 20.0. The minimum atomic E-state index is -0.687. The largest absolute Gasteiger partial charge is 0.492 e. The van der Waals surface area contributed by atoms with Crippen molar-refractivity contribution in [3.05, 3.63) is 24.3 Å². The van der Waals surface area contributed by atoms with Crippen LogP contribution in [0.15, 0.2) is 24.3 Å². The lowest BCUT2D eigenvalue weighted by molar-refractivity contribution is -0.142. The maximum absolute atomic E-state index is 12.8. The van der Waals surface area contributed by atoms with Gasteiger partial charge < -0.3 is 14.8 Å². The number of ether oxygens (including phenoxy) is 2. The molecule has 1 amide bonds. The second-order valence-electron chi connectivity index (χ2n) is 8.73. The minimum absolute atomic E-state index is 0.0325. The molecule has 1 heterocycles. The fourth-order valence-corrected chi connectivity index (χ4v) is 4.21. The van der Waals surface area contributed by atoms with Crippen LogP contribution in [0, 0.1) is 11.8 Å². The summed E-state index contributed by atoms with van der Waals surface area (Å²) in [6, 6.07) is 7.67. The van der Waals surface area contributed by atoms with Crippen LogP contribution in [0.1, 0.15) is 52.4 Å². The van der Waals surface area contributed by atoms with Crippen molar-refractivity contribution in [1.29, 1.82) is 0 Å². The first-order valence-electron chi connectivity index (χ1n) is 10.8. The second-order valence-corrected chi connectivity index (χ2v) is 8.73. The molecule has 0 spiro atoms. The van der Waals surface area contributed by atoms with Crippen molar-refractivity contribution in [3.8, 4) is 5.75 Å². The summed E-state index contributed by atoms with van der Waals surface area (Å²) in [6.07, 6.45) is 6.21. The Kier molecular flexibility index (Phi) is 7.36. The van der Waals surface area contributed by atoms with Crippen LogP contribution in [0.3, 0.4) is 0 Å². The van der Waals surface area contributed by atoms with Crippen molar-refractivity contribution in [2.24, 2.45) is 11.8 Å². The monoisotopic (exact) mass is 388 g/mol. The molecule has 1 saturated heterocycles. The molecule has 1 aromatic carbocycles. The number of carbonyl (C=O) groups excluding carboxylic acids is 1. The van der Waals surface area contributed by atoms with E-state index in [9.17, 15) is 4.79 Å². The molecule has 2 aliphatic rings. The number of piperidine rings is 1. The molecule has 1 aliphatic carbocycles. The molecular weight excluding hydrogens is 352 g/mol. The zero-order valence-electron chi connectivity index (χ0n) is 17.7. The van der Waals surface area contributed by atoms with Gasteiger partial charge in [-0.3, -0.25) is 9.69 Å². The van der Waals surface area contributed by atoms with E-state index in [0.717, 1.165) is 49.6 Å². The highest BCUT2D eigenvalue weighted by atomic mass is 16.5. The molecule has 5 nitrogen and oxygen atoms in total. The normalized spacial score (nSPS) is 26.8. The summed E-state index contributed by atoms with van der Waals surface area (Å²) >= 11 is 0. The van der Waals surface area contributed by atoms with Crippen LogP contribution < -0.4 is 10.1 Å². The number of nitrogens with one attached hydrogen (secondary N) is 1. The molecule has 3 rings (SSSR count). The zero-order valence-corrected chi connectivity index (χ0v) is 17.7. The number of hydrogen-bond acceptors (Lipinski definition) is 4. The molecule has 1 saturated carbocycles. The van der Waals surface area contributed by atoms with E-state index in [1.165, 1.54) is 25.9 Å². The van der Waals surface area contributed by atoms with Crippen LogP contribution in [0.2, 0.25) is 0 Å². The molecule has 5 heteroatoms. The second kappa shape index (κ2) is 9.75. The number of methoxy groups -OCH3 is 1. The number of anilines is 1.